The summed E-state index contributed by atoms with van der Waals surface area (Å²) in [7, 11) is 0. The number of benzene rings is 1. The van der Waals surface area contributed by atoms with Crippen molar-refractivity contribution in [2.45, 2.75) is 31.8 Å². The van der Waals surface area contributed by atoms with Gasteiger partial charge in [-0.1, -0.05) is 12.1 Å². The van der Waals surface area contributed by atoms with Gasteiger partial charge in [0.1, 0.15) is 5.82 Å². The lowest BCUT2D eigenvalue weighted by molar-refractivity contribution is 0.427. The number of pyridine rings is 1. The van der Waals surface area contributed by atoms with Gasteiger partial charge in [-0.25, -0.2) is 4.39 Å². The van der Waals surface area contributed by atoms with Gasteiger partial charge in [0, 0.05) is 24.5 Å². The Bertz CT molecular complexity index is 549. The summed E-state index contributed by atoms with van der Waals surface area (Å²) in [6, 6.07) is 11.5. The number of rotatable bonds is 5. The summed E-state index contributed by atoms with van der Waals surface area (Å²) in [4.78, 5) is 4.05. The van der Waals surface area contributed by atoms with Gasteiger partial charge in [-0.2, -0.15) is 0 Å². The molecule has 1 aliphatic rings. The van der Waals surface area contributed by atoms with Gasteiger partial charge in [0.15, 0.2) is 0 Å². The molecule has 0 aliphatic heterocycles. The lowest BCUT2D eigenvalue weighted by Crippen LogP contribution is -2.26. The first-order chi connectivity index (χ1) is 9.74. The van der Waals surface area contributed by atoms with Crippen molar-refractivity contribution in [2.75, 3.05) is 0 Å². The molecule has 1 aromatic heterocycles. The maximum absolute atomic E-state index is 13.1. The van der Waals surface area contributed by atoms with Crippen LogP contribution in [0.4, 0.5) is 4.39 Å². The summed E-state index contributed by atoms with van der Waals surface area (Å²) in [5.41, 5.74) is 2.41. The van der Waals surface area contributed by atoms with Crippen molar-refractivity contribution < 1.29 is 4.39 Å². The standard InChI is InChI=1S/C17H19FN2/c1-12(13-8-10-19-11-9-13)20-17(14-2-3-14)15-4-6-16(18)7-5-15/h4-12,14,17,20H,2-3H2,1H3/t12-,17?/m0/s1. The molecule has 1 aliphatic carbocycles. The van der Waals surface area contributed by atoms with E-state index in [1.165, 1.54) is 24.0 Å². The summed E-state index contributed by atoms with van der Waals surface area (Å²) in [5, 5.41) is 3.68. The summed E-state index contributed by atoms with van der Waals surface area (Å²) in [6.07, 6.45) is 6.13. The van der Waals surface area contributed by atoms with Crippen molar-refractivity contribution in [1.29, 1.82) is 0 Å². The number of nitrogens with one attached hydrogen (secondary N) is 1. The molecule has 3 rings (SSSR count). The van der Waals surface area contributed by atoms with Crippen molar-refractivity contribution in [3.05, 3.63) is 65.7 Å². The molecule has 20 heavy (non-hydrogen) atoms. The normalized spacial score (nSPS) is 17.7. The van der Waals surface area contributed by atoms with Gasteiger partial charge in [-0.15, -0.1) is 0 Å². The van der Waals surface area contributed by atoms with Crippen LogP contribution in [0.15, 0.2) is 48.8 Å². The Morgan fingerprint density at radius 1 is 1.05 bits per heavy atom. The third-order valence-corrected chi connectivity index (χ3v) is 3.96. The zero-order valence-corrected chi connectivity index (χ0v) is 11.6. The average molecular weight is 270 g/mol. The Balaban J connectivity index is 1.76. The first-order valence-corrected chi connectivity index (χ1v) is 7.15. The molecule has 0 amide bonds. The van der Waals surface area contributed by atoms with Crippen molar-refractivity contribution >= 4 is 0 Å². The van der Waals surface area contributed by atoms with E-state index in [0.717, 1.165) is 0 Å². The summed E-state index contributed by atoms with van der Waals surface area (Å²) < 4.78 is 13.1. The Morgan fingerprint density at radius 2 is 1.70 bits per heavy atom. The highest BCUT2D eigenvalue weighted by molar-refractivity contribution is 5.23. The fraction of sp³-hybridized carbons (Fsp3) is 0.353. The van der Waals surface area contributed by atoms with Crippen LogP contribution in [-0.4, -0.2) is 4.98 Å². The van der Waals surface area contributed by atoms with Gasteiger partial charge in [0.2, 0.25) is 0 Å². The van der Waals surface area contributed by atoms with E-state index in [4.69, 9.17) is 0 Å². The molecule has 2 aromatic rings. The molecule has 3 heteroatoms. The van der Waals surface area contributed by atoms with E-state index in [1.54, 1.807) is 12.1 Å². The Morgan fingerprint density at radius 3 is 2.30 bits per heavy atom. The molecular weight excluding hydrogens is 251 g/mol. The highest BCUT2D eigenvalue weighted by Gasteiger charge is 2.33. The van der Waals surface area contributed by atoms with E-state index in [9.17, 15) is 4.39 Å². The molecule has 1 saturated carbocycles. The van der Waals surface area contributed by atoms with Crippen LogP contribution < -0.4 is 5.32 Å². The van der Waals surface area contributed by atoms with E-state index in [1.807, 2.05) is 36.7 Å². The third-order valence-electron chi connectivity index (χ3n) is 3.96. The number of hydrogen-bond acceptors (Lipinski definition) is 2. The van der Waals surface area contributed by atoms with Crippen molar-refractivity contribution in [1.82, 2.24) is 10.3 Å². The topological polar surface area (TPSA) is 24.9 Å². The predicted octanol–water partition coefficient (Wildman–Crippen LogP) is 4.02. The zero-order chi connectivity index (χ0) is 13.9. The maximum Gasteiger partial charge on any atom is 0.123 e. The zero-order valence-electron chi connectivity index (χ0n) is 11.6. The molecule has 0 bridgehead atoms. The SMILES string of the molecule is C[C@H](NC(c1ccc(F)cc1)C1CC1)c1ccncc1. The van der Waals surface area contributed by atoms with Crippen molar-refractivity contribution in [2.24, 2.45) is 5.92 Å². The third kappa shape index (κ3) is 3.05. The molecule has 1 aromatic carbocycles. The minimum absolute atomic E-state index is 0.175. The van der Waals surface area contributed by atoms with Crippen LogP contribution in [0.2, 0.25) is 0 Å². The molecule has 0 radical (unpaired) electrons. The summed E-state index contributed by atoms with van der Waals surface area (Å²) in [5.74, 6) is 0.496. The van der Waals surface area contributed by atoms with Crippen LogP contribution in [0, 0.1) is 11.7 Å². The van der Waals surface area contributed by atoms with E-state index < -0.39 is 0 Å². The second-order valence-electron chi connectivity index (χ2n) is 5.54. The van der Waals surface area contributed by atoms with Gasteiger partial charge >= 0.3 is 0 Å². The van der Waals surface area contributed by atoms with E-state index >= 15 is 0 Å². The van der Waals surface area contributed by atoms with Crippen LogP contribution in [0.1, 0.15) is 43.0 Å². The predicted molar refractivity (Wildman–Crippen MR) is 77.7 cm³/mol. The fourth-order valence-electron chi connectivity index (χ4n) is 2.62. The minimum Gasteiger partial charge on any atom is -0.303 e. The highest BCUT2D eigenvalue weighted by Crippen LogP contribution is 2.42. The Labute approximate surface area is 119 Å². The van der Waals surface area contributed by atoms with Crippen LogP contribution in [-0.2, 0) is 0 Å². The molecule has 1 heterocycles. The van der Waals surface area contributed by atoms with Gasteiger partial charge in [0.05, 0.1) is 0 Å². The Hall–Kier alpha value is -1.74. The van der Waals surface area contributed by atoms with E-state index in [2.05, 4.69) is 17.2 Å². The smallest absolute Gasteiger partial charge is 0.123 e. The second kappa shape index (κ2) is 5.71. The van der Waals surface area contributed by atoms with Crippen LogP contribution in [0.3, 0.4) is 0 Å². The largest absolute Gasteiger partial charge is 0.303 e. The second-order valence-corrected chi connectivity index (χ2v) is 5.54. The monoisotopic (exact) mass is 270 g/mol. The van der Waals surface area contributed by atoms with Gasteiger partial charge in [-0.3, -0.25) is 4.98 Å². The number of halogens is 1. The fourth-order valence-corrected chi connectivity index (χ4v) is 2.62. The average Bonchev–Trinajstić information content (AvgIpc) is 3.31. The molecule has 0 saturated heterocycles. The first-order valence-electron chi connectivity index (χ1n) is 7.15. The summed E-state index contributed by atoms with van der Waals surface area (Å²) >= 11 is 0. The maximum atomic E-state index is 13.1. The molecule has 104 valence electrons. The molecule has 1 fully saturated rings. The molecule has 2 atom stereocenters. The lowest BCUT2D eigenvalue weighted by atomic mass is 10.00. The van der Waals surface area contributed by atoms with Crippen molar-refractivity contribution in [3.8, 4) is 0 Å². The first kappa shape index (κ1) is 13.3. The van der Waals surface area contributed by atoms with Gasteiger partial charge in [0.25, 0.3) is 0 Å². The van der Waals surface area contributed by atoms with Crippen LogP contribution >= 0.6 is 0 Å². The van der Waals surface area contributed by atoms with Crippen molar-refractivity contribution in [3.63, 3.8) is 0 Å². The van der Waals surface area contributed by atoms with E-state index in [0.29, 0.717) is 12.0 Å². The molecule has 0 spiro atoms. The van der Waals surface area contributed by atoms with Crippen LogP contribution in [0.25, 0.3) is 0 Å². The lowest BCUT2D eigenvalue weighted by Gasteiger charge is -2.24. The summed E-state index contributed by atoms with van der Waals surface area (Å²) in [6.45, 7) is 2.16. The van der Waals surface area contributed by atoms with Gasteiger partial charge < -0.3 is 5.32 Å². The number of nitrogens with zero attached hydrogens (tertiary/aromatic N) is 1. The quantitative estimate of drug-likeness (QED) is 0.887. The Kier molecular flexibility index (Phi) is 3.79. The van der Waals surface area contributed by atoms with Crippen LogP contribution in [0.5, 0.6) is 0 Å². The molecular formula is C17H19FN2. The number of aromatic nitrogens is 1. The minimum atomic E-state index is -0.175. The number of hydrogen-bond donors (Lipinski definition) is 1. The molecule has 1 N–H and O–H groups in total. The highest BCUT2D eigenvalue weighted by atomic mass is 19.1. The molecule has 2 nitrogen and oxygen atoms in total. The molecule has 1 unspecified atom stereocenters. The van der Waals surface area contributed by atoms with Gasteiger partial charge in [-0.05, 0) is 61.1 Å². The van der Waals surface area contributed by atoms with E-state index in [-0.39, 0.29) is 11.9 Å².